The summed E-state index contributed by atoms with van der Waals surface area (Å²) < 4.78 is 33.7. The molecule has 0 aromatic heterocycles. The number of fused-ring (bicyclic) bond motifs is 2. The Morgan fingerprint density at radius 1 is 1.03 bits per heavy atom. The van der Waals surface area contributed by atoms with Gasteiger partial charge in [-0.15, -0.1) is 0 Å². The summed E-state index contributed by atoms with van der Waals surface area (Å²) in [6.07, 6.45) is 0.0377. The highest BCUT2D eigenvalue weighted by Gasteiger charge is 2.37. The molecule has 2 aliphatic heterocycles. The topological polar surface area (TPSA) is 41.6 Å². The number of halogens is 2. The van der Waals surface area contributed by atoms with E-state index in [1.807, 2.05) is 17.0 Å². The number of hydrogen-bond donors (Lipinski definition) is 1. The van der Waals surface area contributed by atoms with E-state index in [1.165, 1.54) is 6.07 Å². The number of carbonyl (C=O) groups excluding carboxylic acids is 1. The first-order chi connectivity index (χ1) is 14.1. The highest BCUT2D eigenvalue weighted by molar-refractivity contribution is 6.02. The maximum Gasteiger partial charge on any atom is 0.254 e. The molecule has 2 saturated heterocycles. The van der Waals surface area contributed by atoms with Gasteiger partial charge in [-0.05, 0) is 46.7 Å². The zero-order valence-corrected chi connectivity index (χ0v) is 15.7. The SMILES string of the molecule is O=C(c1ccc2c(-c3cc(F)ccc3F)cccc2c1)N1C[C@@H]2NCCO[C@@H]2C1. The minimum Gasteiger partial charge on any atom is -0.373 e. The predicted octanol–water partition coefficient (Wildman–Crippen LogP) is 3.60. The molecule has 148 valence electrons. The minimum absolute atomic E-state index is 0.0377. The molecule has 2 atom stereocenters. The summed E-state index contributed by atoms with van der Waals surface area (Å²) in [6.45, 7) is 2.66. The normalized spacial score (nSPS) is 21.4. The highest BCUT2D eigenvalue weighted by Crippen LogP contribution is 2.32. The lowest BCUT2D eigenvalue weighted by molar-refractivity contribution is 0.0176. The summed E-state index contributed by atoms with van der Waals surface area (Å²) in [4.78, 5) is 14.8. The van der Waals surface area contributed by atoms with E-state index in [-0.39, 0.29) is 23.6 Å². The van der Waals surface area contributed by atoms with Crippen molar-refractivity contribution in [1.82, 2.24) is 10.2 Å². The van der Waals surface area contributed by atoms with Gasteiger partial charge in [0.05, 0.1) is 18.8 Å². The molecule has 5 rings (SSSR count). The van der Waals surface area contributed by atoms with Gasteiger partial charge in [0.1, 0.15) is 11.6 Å². The molecule has 6 heteroatoms. The van der Waals surface area contributed by atoms with E-state index in [0.29, 0.717) is 30.8 Å². The standard InChI is InChI=1S/C23H20F2N2O2/c24-16-5-7-20(25)19(11-16)18-3-1-2-14-10-15(4-6-17(14)18)23(28)27-12-21-22(13-27)29-9-8-26-21/h1-7,10-11,21-22,26H,8-9,12-13H2/t21-,22+/m0/s1. The first-order valence-corrected chi connectivity index (χ1v) is 9.72. The predicted molar refractivity (Wildman–Crippen MR) is 107 cm³/mol. The van der Waals surface area contributed by atoms with E-state index in [1.54, 1.807) is 24.3 Å². The maximum absolute atomic E-state index is 14.3. The van der Waals surface area contributed by atoms with Crippen molar-refractivity contribution in [2.24, 2.45) is 0 Å². The smallest absolute Gasteiger partial charge is 0.254 e. The van der Waals surface area contributed by atoms with Crippen LogP contribution in [-0.2, 0) is 4.74 Å². The summed E-state index contributed by atoms with van der Waals surface area (Å²) in [7, 11) is 0. The lowest BCUT2D eigenvalue weighted by Crippen LogP contribution is -2.47. The fraction of sp³-hybridized carbons (Fsp3) is 0.261. The Bertz CT molecular complexity index is 1090. The van der Waals surface area contributed by atoms with Crippen molar-refractivity contribution in [2.75, 3.05) is 26.2 Å². The molecule has 0 bridgehead atoms. The third kappa shape index (κ3) is 3.28. The third-order valence-corrected chi connectivity index (χ3v) is 5.74. The second-order valence-electron chi connectivity index (χ2n) is 7.55. The molecule has 3 aromatic rings. The van der Waals surface area contributed by atoms with Crippen LogP contribution in [0.3, 0.4) is 0 Å². The van der Waals surface area contributed by atoms with Crippen molar-refractivity contribution in [3.05, 3.63) is 71.8 Å². The van der Waals surface area contributed by atoms with Crippen LogP contribution in [0.2, 0.25) is 0 Å². The molecule has 0 unspecified atom stereocenters. The Kier molecular flexibility index (Phi) is 4.53. The van der Waals surface area contributed by atoms with Crippen molar-refractivity contribution >= 4 is 16.7 Å². The molecule has 3 aromatic carbocycles. The largest absolute Gasteiger partial charge is 0.373 e. The summed E-state index contributed by atoms with van der Waals surface area (Å²) >= 11 is 0. The zero-order valence-electron chi connectivity index (χ0n) is 15.7. The number of benzene rings is 3. The summed E-state index contributed by atoms with van der Waals surface area (Å²) in [6, 6.07) is 14.4. The summed E-state index contributed by atoms with van der Waals surface area (Å²) in [5.74, 6) is -1.02. The second kappa shape index (κ2) is 7.21. The highest BCUT2D eigenvalue weighted by atomic mass is 19.1. The minimum atomic E-state index is -0.489. The number of rotatable bonds is 2. The Morgan fingerprint density at radius 3 is 2.79 bits per heavy atom. The number of ether oxygens (including phenoxy) is 1. The fourth-order valence-electron chi connectivity index (χ4n) is 4.30. The number of morpholine rings is 1. The van der Waals surface area contributed by atoms with E-state index < -0.39 is 11.6 Å². The van der Waals surface area contributed by atoms with Gasteiger partial charge in [0, 0.05) is 30.8 Å². The number of likely N-dealkylation sites (tertiary alicyclic amines) is 1. The van der Waals surface area contributed by atoms with Crippen LogP contribution in [0.5, 0.6) is 0 Å². The van der Waals surface area contributed by atoms with Crippen LogP contribution in [0.25, 0.3) is 21.9 Å². The second-order valence-corrected chi connectivity index (χ2v) is 7.55. The molecular weight excluding hydrogens is 374 g/mol. The molecule has 0 saturated carbocycles. The first kappa shape index (κ1) is 18.2. The van der Waals surface area contributed by atoms with Crippen LogP contribution < -0.4 is 5.32 Å². The Hall–Kier alpha value is -2.83. The van der Waals surface area contributed by atoms with Crippen LogP contribution in [0, 0.1) is 11.6 Å². The summed E-state index contributed by atoms with van der Waals surface area (Å²) in [5.41, 5.74) is 1.39. The van der Waals surface area contributed by atoms with Crippen LogP contribution in [0.4, 0.5) is 8.78 Å². The molecular formula is C23H20F2N2O2. The number of nitrogens with one attached hydrogen (secondary N) is 1. The van der Waals surface area contributed by atoms with Crippen molar-refractivity contribution < 1.29 is 18.3 Å². The van der Waals surface area contributed by atoms with Gasteiger partial charge in [-0.3, -0.25) is 4.79 Å². The van der Waals surface area contributed by atoms with E-state index in [4.69, 9.17) is 4.74 Å². The maximum atomic E-state index is 14.3. The number of hydrogen-bond acceptors (Lipinski definition) is 3. The van der Waals surface area contributed by atoms with Crippen molar-refractivity contribution in [3.63, 3.8) is 0 Å². The number of nitrogens with zero attached hydrogens (tertiary/aromatic N) is 1. The molecule has 0 aliphatic carbocycles. The quantitative estimate of drug-likeness (QED) is 0.722. The fourth-order valence-corrected chi connectivity index (χ4v) is 4.30. The lowest BCUT2D eigenvalue weighted by atomic mass is 9.96. The molecule has 2 fully saturated rings. The van der Waals surface area contributed by atoms with Crippen molar-refractivity contribution in [1.29, 1.82) is 0 Å². The third-order valence-electron chi connectivity index (χ3n) is 5.74. The van der Waals surface area contributed by atoms with Gasteiger partial charge in [-0.2, -0.15) is 0 Å². The van der Waals surface area contributed by atoms with Gasteiger partial charge in [0.25, 0.3) is 5.91 Å². The van der Waals surface area contributed by atoms with E-state index >= 15 is 0 Å². The Balaban J connectivity index is 1.48. The first-order valence-electron chi connectivity index (χ1n) is 9.72. The van der Waals surface area contributed by atoms with Crippen LogP contribution >= 0.6 is 0 Å². The van der Waals surface area contributed by atoms with E-state index in [0.717, 1.165) is 29.4 Å². The Morgan fingerprint density at radius 2 is 1.93 bits per heavy atom. The van der Waals surface area contributed by atoms with Gasteiger partial charge >= 0.3 is 0 Å². The number of amides is 1. The van der Waals surface area contributed by atoms with Crippen LogP contribution in [0.15, 0.2) is 54.6 Å². The average Bonchev–Trinajstić information content (AvgIpc) is 3.18. The average molecular weight is 394 g/mol. The molecule has 4 nitrogen and oxygen atoms in total. The molecule has 29 heavy (non-hydrogen) atoms. The molecule has 2 heterocycles. The van der Waals surface area contributed by atoms with Gasteiger partial charge in [0.2, 0.25) is 0 Å². The zero-order chi connectivity index (χ0) is 20.0. The molecule has 1 N–H and O–H groups in total. The van der Waals surface area contributed by atoms with Crippen molar-refractivity contribution in [3.8, 4) is 11.1 Å². The number of carbonyl (C=O) groups is 1. The van der Waals surface area contributed by atoms with Gasteiger partial charge in [-0.1, -0.05) is 24.3 Å². The van der Waals surface area contributed by atoms with Crippen molar-refractivity contribution in [2.45, 2.75) is 12.1 Å². The van der Waals surface area contributed by atoms with Gasteiger partial charge in [0.15, 0.2) is 0 Å². The molecule has 0 radical (unpaired) electrons. The van der Waals surface area contributed by atoms with E-state index in [2.05, 4.69) is 5.32 Å². The van der Waals surface area contributed by atoms with Gasteiger partial charge in [-0.25, -0.2) is 8.78 Å². The molecule has 0 spiro atoms. The van der Waals surface area contributed by atoms with E-state index in [9.17, 15) is 13.6 Å². The van der Waals surface area contributed by atoms with Crippen LogP contribution in [-0.4, -0.2) is 49.2 Å². The summed E-state index contributed by atoms with van der Waals surface area (Å²) in [5, 5.41) is 4.98. The molecule has 2 aliphatic rings. The van der Waals surface area contributed by atoms with Crippen LogP contribution in [0.1, 0.15) is 10.4 Å². The lowest BCUT2D eigenvalue weighted by Gasteiger charge is -2.25. The monoisotopic (exact) mass is 394 g/mol. The van der Waals surface area contributed by atoms with Gasteiger partial charge < -0.3 is 15.0 Å². The molecule has 1 amide bonds. The Labute approximate surface area is 167 Å².